The third kappa shape index (κ3) is 1.07. The van der Waals surface area contributed by atoms with Crippen LogP contribution in [-0.2, 0) is 4.74 Å². The summed E-state index contributed by atoms with van der Waals surface area (Å²) in [5, 5.41) is 0. The van der Waals surface area contributed by atoms with Crippen molar-refractivity contribution in [1.82, 2.24) is 0 Å². The van der Waals surface area contributed by atoms with E-state index in [1.165, 1.54) is 0 Å². The maximum atomic E-state index is 4.90. The molecule has 0 saturated heterocycles. The maximum Gasteiger partial charge on any atom is 0.0963 e. The van der Waals surface area contributed by atoms with Gasteiger partial charge in [0.1, 0.15) is 0 Å². The summed E-state index contributed by atoms with van der Waals surface area (Å²) < 4.78 is 4.90. The topological polar surface area (TPSA) is 9.23 Å². The van der Waals surface area contributed by atoms with Crippen molar-refractivity contribution >= 4 is 0 Å². The molecule has 0 aromatic rings. The van der Waals surface area contributed by atoms with E-state index in [9.17, 15) is 0 Å². The van der Waals surface area contributed by atoms with Crippen molar-refractivity contribution in [2.24, 2.45) is 0 Å². The minimum atomic E-state index is 0.877. The highest BCUT2D eigenvalue weighted by molar-refractivity contribution is 4.94. The molecule has 0 N–H and O–H groups in total. The average molecular weight is 96.1 g/mol. The van der Waals surface area contributed by atoms with Crippen molar-refractivity contribution < 1.29 is 4.74 Å². The molecule has 7 heavy (non-hydrogen) atoms. The summed E-state index contributed by atoms with van der Waals surface area (Å²) in [6.45, 7) is 3.64. The predicted molar refractivity (Wildman–Crippen MR) is 28.6 cm³/mol. The van der Waals surface area contributed by atoms with Crippen molar-refractivity contribution in [3.05, 3.63) is 24.7 Å². The van der Waals surface area contributed by atoms with E-state index in [2.05, 4.69) is 6.58 Å². The van der Waals surface area contributed by atoms with Crippen LogP contribution in [0.2, 0.25) is 0 Å². The first-order valence-corrected chi connectivity index (χ1v) is 2.39. The van der Waals surface area contributed by atoms with E-state index in [0.29, 0.717) is 0 Å². The second-order valence-corrected chi connectivity index (χ2v) is 1.57. The van der Waals surface area contributed by atoms with Crippen LogP contribution in [0, 0.1) is 0 Å². The first-order chi connectivity index (χ1) is 3.39. The van der Waals surface area contributed by atoms with Gasteiger partial charge in [0.2, 0.25) is 0 Å². The molecular weight excluding hydrogens is 88.1 g/mol. The van der Waals surface area contributed by atoms with Crippen LogP contribution < -0.4 is 0 Å². The van der Waals surface area contributed by atoms with Gasteiger partial charge in [-0.3, -0.25) is 0 Å². The lowest BCUT2D eigenvalue weighted by atomic mass is 10.2. The molecule has 0 amide bonds. The Morgan fingerprint density at radius 2 is 2.57 bits per heavy atom. The van der Waals surface area contributed by atoms with Gasteiger partial charge in [0.15, 0.2) is 0 Å². The van der Waals surface area contributed by atoms with E-state index in [1.54, 1.807) is 6.26 Å². The van der Waals surface area contributed by atoms with Crippen molar-refractivity contribution in [2.75, 3.05) is 0 Å². The minimum absolute atomic E-state index is 0.877. The van der Waals surface area contributed by atoms with Gasteiger partial charge in [0, 0.05) is 6.42 Å². The van der Waals surface area contributed by atoms with Crippen LogP contribution in [0.15, 0.2) is 24.7 Å². The molecule has 1 heterocycles. The maximum absolute atomic E-state index is 4.90. The van der Waals surface area contributed by atoms with Crippen LogP contribution in [0.25, 0.3) is 0 Å². The summed E-state index contributed by atoms with van der Waals surface area (Å²) >= 11 is 0. The fourth-order valence-corrected chi connectivity index (χ4v) is 0.516. The lowest BCUT2D eigenvalue weighted by molar-refractivity contribution is 0.321. The Morgan fingerprint density at radius 3 is 2.86 bits per heavy atom. The molecule has 1 nitrogen and oxygen atoms in total. The Kier molecular flexibility index (Phi) is 1.16. The first kappa shape index (κ1) is 4.44. The largest absolute Gasteiger partial charge is 0.470 e. The molecule has 1 heteroatoms. The number of hydrogen-bond acceptors (Lipinski definition) is 1. The molecule has 0 atom stereocenters. The van der Waals surface area contributed by atoms with Crippen LogP contribution >= 0.6 is 0 Å². The monoisotopic (exact) mass is 96.1 g/mol. The van der Waals surface area contributed by atoms with Gasteiger partial charge >= 0.3 is 0 Å². The molecule has 0 radical (unpaired) electrons. The summed E-state index contributed by atoms with van der Waals surface area (Å²) in [5.74, 6) is 0.877. The fourth-order valence-electron chi connectivity index (χ4n) is 0.516. The molecule has 0 spiro atoms. The molecule has 0 unspecified atom stereocenters. The highest BCUT2D eigenvalue weighted by atomic mass is 16.5. The van der Waals surface area contributed by atoms with Crippen molar-refractivity contribution in [3.63, 3.8) is 0 Å². The van der Waals surface area contributed by atoms with Crippen LogP contribution in [0.5, 0.6) is 0 Å². The number of allylic oxidation sites excluding steroid dienone is 2. The lowest BCUT2D eigenvalue weighted by Crippen LogP contribution is -1.87. The van der Waals surface area contributed by atoms with E-state index in [-0.39, 0.29) is 0 Å². The van der Waals surface area contributed by atoms with E-state index >= 15 is 0 Å². The van der Waals surface area contributed by atoms with E-state index < -0.39 is 0 Å². The number of ether oxygens (including phenoxy) is 1. The summed E-state index contributed by atoms with van der Waals surface area (Å²) in [5.41, 5.74) is 0. The summed E-state index contributed by atoms with van der Waals surface area (Å²) in [6, 6.07) is 0. The SMILES string of the molecule is C=C1CCC=CO1. The molecule has 0 fully saturated rings. The molecule has 1 aliphatic rings. The van der Waals surface area contributed by atoms with Crippen molar-refractivity contribution in [2.45, 2.75) is 12.8 Å². The van der Waals surface area contributed by atoms with Gasteiger partial charge in [-0.15, -0.1) is 0 Å². The van der Waals surface area contributed by atoms with Crippen LogP contribution in [0.4, 0.5) is 0 Å². The molecule has 0 saturated carbocycles. The Bertz CT molecular complexity index is 103. The van der Waals surface area contributed by atoms with Crippen LogP contribution in [-0.4, -0.2) is 0 Å². The standard InChI is InChI=1S/C6H8O/c1-6-4-2-3-5-7-6/h3,5H,1-2,4H2. The van der Waals surface area contributed by atoms with Gasteiger partial charge in [0.05, 0.1) is 12.0 Å². The quantitative estimate of drug-likeness (QED) is 0.447. The zero-order valence-electron chi connectivity index (χ0n) is 4.18. The molecule has 38 valence electrons. The third-order valence-corrected chi connectivity index (χ3v) is 0.921. The summed E-state index contributed by atoms with van der Waals surface area (Å²) in [6.07, 6.45) is 5.75. The molecule has 0 aliphatic carbocycles. The highest BCUT2D eigenvalue weighted by Gasteiger charge is 1.94. The molecule has 1 rings (SSSR count). The number of hydrogen-bond donors (Lipinski definition) is 0. The second-order valence-electron chi connectivity index (χ2n) is 1.57. The van der Waals surface area contributed by atoms with Crippen molar-refractivity contribution in [3.8, 4) is 0 Å². The van der Waals surface area contributed by atoms with Gasteiger partial charge in [0.25, 0.3) is 0 Å². The van der Waals surface area contributed by atoms with Gasteiger partial charge in [-0.2, -0.15) is 0 Å². The Labute approximate surface area is 43.3 Å². The third-order valence-electron chi connectivity index (χ3n) is 0.921. The number of rotatable bonds is 0. The van der Waals surface area contributed by atoms with Crippen LogP contribution in [0.1, 0.15) is 12.8 Å². The zero-order valence-corrected chi connectivity index (χ0v) is 4.18. The zero-order chi connectivity index (χ0) is 5.11. The lowest BCUT2D eigenvalue weighted by Gasteiger charge is -2.05. The van der Waals surface area contributed by atoms with Gasteiger partial charge < -0.3 is 4.74 Å². The first-order valence-electron chi connectivity index (χ1n) is 2.39. The van der Waals surface area contributed by atoms with Crippen LogP contribution in [0.3, 0.4) is 0 Å². The van der Waals surface area contributed by atoms with E-state index in [4.69, 9.17) is 4.74 Å². The molecule has 0 aromatic carbocycles. The van der Waals surface area contributed by atoms with Gasteiger partial charge in [-0.05, 0) is 12.5 Å². The second kappa shape index (κ2) is 1.82. The minimum Gasteiger partial charge on any atom is -0.470 e. The van der Waals surface area contributed by atoms with E-state index in [1.807, 2.05) is 6.08 Å². The average Bonchev–Trinajstić information content (AvgIpc) is 1.69. The Balaban J connectivity index is 2.47. The fraction of sp³-hybridized carbons (Fsp3) is 0.333. The molecular formula is C6H8O. The molecule has 0 bridgehead atoms. The predicted octanol–water partition coefficient (Wildman–Crippen LogP) is 1.82. The summed E-state index contributed by atoms with van der Waals surface area (Å²) in [4.78, 5) is 0. The molecule has 0 aromatic heterocycles. The van der Waals surface area contributed by atoms with Gasteiger partial charge in [-0.25, -0.2) is 0 Å². The highest BCUT2D eigenvalue weighted by Crippen LogP contribution is 2.10. The Morgan fingerprint density at radius 1 is 1.71 bits per heavy atom. The Hall–Kier alpha value is -0.720. The smallest absolute Gasteiger partial charge is 0.0963 e. The van der Waals surface area contributed by atoms with Crippen molar-refractivity contribution in [1.29, 1.82) is 0 Å². The van der Waals surface area contributed by atoms with Gasteiger partial charge in [-0.1, -0.05) is 6.58 Å². The normalized spacial score (nSPS) is 19.1. The van der Waals surface area contributed by atoms with E-state index in [0.717, 1.165) is 18.6 Å². The summed E-state index contributed by atoms with van der Waals surface area (Å²) in [7, 11) is 0. The molecule has 1 aliphatic heterocycles.